The first-order valence-corrected chi connectivity index (χ1v) is 6.51. The van der Waals surface area contributed by atoms with Gasteiger partial charge in [0, 0.05) is 5.39 Å². The molecule has 2 aromatic heterocycles. The Morgan fingerprint density at radius 2 is 2.38 bits per heavy atom. The molecule has 0 spiro atoms. The molecule has 2 rings (SSSR count). The lowest BCUT2D eigenvalue weighted by Gasteiger charge is -2.00. The molecule has 84 valence electrons. The van der Waals surface area contributed by atoms with Crippen molar-refractivity contribution in [2.75, 3.05) is 5.75 Å². The molecule has 0 saturated carbocycles. The van der Waals surface area contributed by atoms with Crippen LogP contribution in [0.4, 0.5) is 0 Å². The van der Waals surface area contributed by atoms with Crippen LogP contribution in [0, 0.1) is 6.92 Å². The summed E-state index contributed by atoms with van der Waals surface area (Å²) in [5.74, 6) is -0.880. The number of aliphatic carboxylic acids is 1. The van der Waals surface area contributed by atoms with Crippen LogP contribution in [-0.2, 0) is 4.79 Å². The Bertz CT molecular complexity index is 556. The van der Waals surface area contributed by atoms with Gasteiger partial charge in [0.05, 0.1) is 10.1 Å². The minimum atomic E-state index is -0.865. The van der Waals surface area contributed by atoms with E-state index in [1.807, 2.05) is 6.92 Å². The van der Waals surface area contributed by atoms with E-state index in [1.165, 1.54) is 29.4 Å². The fourth-order valence-electron chi connectivity index (χ4n) is 1.25. The predicted molar refractivity (Wildman–Crippen MR) is 65.5 cm³/mol. The molecule has 0 aliphatic rings. The van der Waals surface area contributed by atoms with Crippen molar-refractivity contribution in [2.24, 2.45) is 0 Å². The van der Waals surface area contributed by atoms with E-state index < -0.39 is 5.97 Å². The average Bonchev–Trinajstić information content (AvgIpc) is 2.52. The van der Waals surface area contributed by atoms with Crippen molar-refractivity contribution in [2.45, 2.75) is 11.9 Å². The molecular weight excluding hydrogens is 268 g/mol. The van der Waals surface area contributed by atoms with Gasteiger partial charge in [-0.25, -0.2) is 9.97 Å². The van der Waals surface area contributed by atoms with Crippen LogP contribution >= 0.6 is 34.7 Å². The quantitative estimate of drug-likeness (QED) is 0.689. The second-order valence-electron chi connectivity index (χ2n) is 3.04. The van der Waals surface area contributed by atoms with Crippen LogP contribution in [0.3, 0.4) is 0 Å². The third-order valence-electron chi connectivity index (χ3n) is 1.97. The second kappa shape index (κ2) is 4.57. The zero-order valence-corrected chi connectivity index (χ0v) is 10.6. The highest BCUT2D eigenvalue weighted by Gasteiger charge is 2.13. The third-order valence-corrected chi connectivity index (χ3v) is 4.44. The first kappa shape index (κ1) is 11.6. The molecule has 0 saturated heterocycles. The van der Waals surface area contributed by atoms with E-state index in [2.05, 4.69) is 9.97 Å². The van der Waals surface area contributed by atoms with Gasteiger partial charge in [-0.3, -0.25) is 4.79 Å². The standard InChI is InChI=1S/C9H7ClN2O2S2/c1-4-6-8(15-2-5(13)14)11-3-12-9(6)16-7(4)10/h3H,2H2,1H3,(H,13,14). The van der Waals surface area contributed by atoms with Gasteiger partial charge >= 0.3 is 5.97 Å². The molecule has 2 aromatic rings. The SMILES string of the molecule is Cc1c(Cl)sc2ncnc(SCC(=O)O)c12. The zero-order chi connectivity index (χ0) is 11.7. The van der Waals surface area contributed by atoms with E-state index in [0.717, 1.165) is 15.8 Å². The van der Waals surface area contributed by atoms with Gasteiger partial charge in [-0.05, 0) is 12.5 Å². The van der Waals surface area contributed by atoms with Gasteiger partial charge in [0.1, 0.15) is 16.2 Å². The van der Waals surface area contributed by atoms with Gasteiger partial charge in [0.25, 0.3) is 0 Å². The summed E-state index contributed by atoms with van der Waals surface area (Å²) in [6.45, 7) is 1.88. The number of thioether (sulfide) groups is 1. The Balaban J connectivity index is 2.48. The topological polar surface area (TPSA) is 63.1 Å². The number of hydrogen-bond acceptors (Lipinski definition) is 5. The highest BCUT2D eigenvalue weighted by molar-refractivity contribution is 8.00. The van der Waals surface area contributed by atoms with Gasteiger partial charge in [-0.15, -0.1) is 11.3 Å². The molecule has 0 aromatic carbocycles. The van der Waals surface area contributed by atoms with Crippen LogP contribution < -0.4 is 0 Å². The van der Waals surface area contributed by atoms with Gasteiger partial charge in [0.15, 0.2) is 0 Å². The molecule has 2 heterocycles. The third kappa shape index (κ3) is 2.14. The lowest BCUT2D eigenvalue weighted by molar-refractivity contribution is -0.133. The van der Waals surface area contributed by atoms with Crippen LogP contribution in [0.5, 0.6) is 0 Å². The lowest BCUT2D eigenvalue weighted by Crippen LogP contribution is -1.98. The maximum absolute atomic E-state index is 10.5. The molecule has 0 bridgehead atoms. The lowest BCUT2D eigenvalue weighted by atomic mass is 10.3. The van der Waals surface area contributed by atoms with Crippen LogP contribution in [0.1, 0.15) is 5.56 Å². The first-order chi connectivity index (χ1) is 7.59. The van der Waals surface area contributed by atoms with Crippen molar-refractivity contribution < 1.29 is 9.90 Å². The van der Waals surface area contributed by atoms with Crippen molar-refractivity contribution in [3.05, 3.63) is 16.2 Å². The summed E-state index contributed by atoms with van der Waals surface area (Å²) in [7, 11) is 0. The van der Waals surface area contributed by atoms with Crippen LogP contribution in [0.25, 0.3) is 10.2 Å². The molecule has 0 aliphatic carbocycles. The van der Waals surface area contributed by atoms with Gasteiger partial charge < -0.3 is 5.11 Å². The minimum absolute atomic E-state index is 0.0149. The summed E-state index contributed by atoms with van der Waals surface area (Å²) in [5.41, 5.74) is 0.912. The first-order valence-electron chi connectivity index (χ1n) is 4.33. The van der Waals surface area contributed by atoms with Crippen molar-refractivity contribution in [1.82, 2.24) is 9.97 Å². The van der Waals surface area contributed by atoms with E-state index in [-0.39, 0.29) is 5.75 Å². The molecule has 0 fully saturated rings. The summed E-state index contributed by atoms with van der Waals surface area (Å²) in [6.07, 6.45) is 1.43. The molecule has 0 aliphatic heterocycles. The Labute approximate surface area is 105 Å². The Morgan fingerprint density at radius 1 is 1.62 bits per heavy atom. The maximum atomic E-state index is 10.5. The normalized spacial score (nSPS) is 10.9. The molecule has 7 heteroatoms. The Kier molecular flexibility index (Phi) is 3.32. The highest BCUT2D eigenvalue weighted by Crippen LogP contribution is 2.37. The van der Waals surface area contributed by atoms with Crippen LogP contribution in [-0.4, -0.2) is 26.8 Å². The van der Waals surface area contributed by atoms with Gasteiger partial charge in [-0.1, -0.05) is 23.4 Å². The Morgan fingerprint density at radius 3 is 3.06 bits per heavy atom. The molecule has 4 nitrogen and oxygen atoms in total. The summed E-state index contributed by atoms with van der Waals surface area (Å²) in [5, 5.41) is 10.2. The van der Waals surface area contributed by atoms with E-state index in [9.17, 15) is 4.79 Å². The van der Waals surface area contributed by atoms with Crippen LogP contribution in [0.2, 0.25) is 4.34 Å². The summed E-state index contributed by atoms with van der Waals surface area (Å²) < 4.78 is 0.674. The van der Waals surface area contributed by atoms with Crippen molar-refractivity contribution in [3.63, 3.8) is 0 Å². The van der Waals surface area contributed by atoms with E-state index in [0.29, 0.717) is 9.36 Å². The number of aromatic nitrogens is 2. The second-order valence-corrected chi connectivity index (χ2v) is 5.61. The summed E-state index contributed by atoms with van der Waals surface area (Å²) in [6, 6.07) is 0. The number of carboxylic acid groups (broad SMARTS) is 1. The average molecular weight is 275 g/mol. The molecule has 0 radical (unpaired) electrons. The Hall–Kier alpha value is -0.850. The largest absolute Gasteiger partial charge is 0.481 e. The molecule has 16 heavy (non-hydrogen) atoms. The summed E-state index contributed by atoms with van der Waals surface area (Å²) in [4.78, 5) is 19.5. The number of carbonyl (C=O) groups is 1. The number of halogens is 1. The zero-order valence-electron chi connectivity index (χ0n) is 8.23. The van der Waals surface area contributed by atoms with E-state index in [1.54, 1.807) is 0 Å². The minimum Gasteiger partial charge on any atom is -0.481 e. The molecule has 0 unspecified atom stereocenters. The fourth-order valence-corrected chi connectivity index (χ4v) is 3.28. The number of nitrogens with zero attached hydrogens (tertiary/aromatic N) is 2. The van der Waals surface area contributed by atoms with Crippen molar-refractivity contribution >= 4 is 50.9 Å². The molecular formula is C9H7ClN2O2S2. The monoisotopic (exact) mass is 274 g/mol. The number of fused-ring (bicyclic) bond motifs is 1. The number of rotatable bonds is 3. The fraction of sp³-hybridized carbons (Fsp3) is 0.222. The van der Waals surface area contributed by atoms with Crippen LogP contribution in [0.15, 0.2) is 11.4 Å². The highest BCUT2D eigenvalue weighted by atomic mass is 35.5. The number of aryl methyl sites for hydroxylation is 1. The number of hydrogen-bond donors (Lipinski definition) is 1. The van der Waals surface area contributed by atoms with E-state index >= 15 is 0 Å². The predicted octanol–water partition coefficient (Wildman–Crippen LogP) is 2.83. The van der Waals surface area contributed by atoms with E-state index in [4.69, 9.17) is 16.7 Å². The van der Waals surface area contributed by atoms with Gasteiger partial charge in [-0.2, -0.15) is 0 Å². The number of carboxylic acids is 1. The van der Waals surface area contributed by atoms with Gasteiger partial charge in [0.2, 0.25) is 0 Å². The maximum Gasteiger partial charge on any atom is 0.313 e. The van der Waals surface area contributed by atoms with Crippen molar-refractivity contribution in [3.8, 4) is 0 Å². The van der Waals surface area contributed by atoms with Crippen molar-refractivity contribution in [1.29, 1.82) is 0 Å². The number of thiophene rings is 1. The molecule has 0 atom stereocenters. The molecule has 1 N–H and O–H groups in total. The molecule has 0 amide bonds. The smallest absolute Gasteiger partial charge is 0.313 e. The summed E-state index contributed by atoms with van der Waals surface area (Å²) >= 11 is 8.58.